The van der Waals surface area contributed by atoms with Gasteiger partial charge < -0.3 is 4.74 Å². The van der Waals surface area contributed by atoms with Crippen LogP contribution in [0.15, 0.2) is 51.4 Å². The van der Waals surface area contributed by atoms with E-state index in [1.54, 1.807) is 11.3 Å². The summed E-state index contributed by atoms with van der Waals surface area (Å²) in [4.78, 5) is 16.6. The number of hydrogen-bond donors (Lipinski definition) is 0. The van der Waals surface area contributed by atoms with Crippen molar-refractivity contribution in [3.05, 3.63) is 57.7 Å². The molecule has 0 bridgehead atoms. The van der Waals surface area contributed by atoms with Gasteiger partial charge in [0.05, 0.1) is 16.2 Å². The maximum Gasteiger partial charge on any atom is 0.338 e. The third-order valence-electron chi connectivity index (χ3n) is 3.17. The summed E-state index contributed by atoms with van der Waals surface area (Å²) in [5.74, 6) is -0.578. The van der Waals surface area contributed by atoms with Crippen molar-refractivity contribution in [2.24, 2.45) is 0 Å². The van der Waals surface area contributed by atoms with E-state index in [4.69, 9.17) is 4.74 Å². The molecule has 3 aromatic rings. The van der Waals surface area contributed by atoms with E-state index < -0.39 is 15.8 Å². The van der Waals surface area contributed by atoms with Gasteiger partial charge in [-0.3, -0.25) is 0 Å². The zero-order chi connectivity index (χ0) is 17.2. The van der Waals surface area contributed by atoms with Gasteiger partial charge >= 0.3 is 5.97 Å². The molecule has 0 N–H and O–H groups in total. The number of hydrogen-bond acceptors (Lipinski definition) is 7. The number of thiophene rings is 1. The Bertz CT molecular complexity index is 959. The van der Waals surface area contributed by atoms with E-state index in [0.29, 0.717) is 5.69 Å². The molecule has 5 nitrogen and oxygen atoms in total. The minimum atomic E-state index is -3.37. The van der Waals surface area contributed by atoms with Crippen LogP contribution < -0.4 is 0 Å². The minimum absolute atomic E-state index is 0.0442. The zero-order valence-electron chi connectivity index (χ0n) is 12.6. The summed E-state index contributed by atoms with van der Waals surface area (Å²) in [6.07, 6.45) is 1.10. The highest BCUT2D eigenvalue weighted by Crippen LogP contribution is 2.26. The minimum Gasteiger partial charge on any atom is -0.456 e. The predicted molar refractivity (Wildman–Crippen MR) is 94.1 cm³/mol. The summed E-state index contributed by atoms with van der Waals surface area (Å²) in [7, 11) is -3.37. The summed E-state index contributed by atoms with van der Waals surface area (Å²) in [5.41, 5.74) is 1.91. The summed E-state index contributed by atoms with van der Waals surface area (Å²) >= 11 is 3.08. The molecule has 0 spiro atoms. The lowest BCUT2D eigenvalue weighted by Crippen LogP contribution is -2.07. The Morgan fingerprint density at radius 1 is 1.25 bits per heavy atom. The standard InChI is InChI=1S/C16H13NO4S3/c1-24(19,20)14-4-2-3-11(7-14)16(18)21-8-13-10-23-15(17-13)12-5-6-22-9-12/h2-7,9-10H,8H2,1H3. The van der Waals surface area contributed by atoms with E-state index in [9.17, 15) is 13.2 Å². The number of benzene rings is 1. The van der Waals surface area contributed by atoms with Crippen LogP contribution in [0.1, 0.15) is 16.1 Å². The average molecular weight is 379 g/mol. The Morgan fingerprint density at radius 2 is 2.08 bits per heavy atom. The first-order chi connectivity index (χ1) is 11.4. The second kappa shape index (κ2) is 6.84. The van der Waals surface area contributed by atoms with Crippen molar-refractivity contribution in [3.8, 4) is 10.6 Å². The second-order valence-electron chi connectivity index (χ2n) is 5.03. The molecular weight excluding hydrogens is 366 g/mol. The molecule has 124 valence electrons. The highest BCUT2D eigenvalue weighted by Gasteiger charge is 2.13. The first-order valence-corrected chi connectivity index (χ1v) is 10.6. The van der Waals surface area contributed by atoms with E-state index >= 15 is 0 Å². The van der Waals surface area contributed by atoms with Gasteiger partial charge in [0, 0.05) is 22.6 Å². The topological polar surface area (TPSA) is 73.3 Å². The van der Waals surface area contributed by atoms with Gasteiger partial charge in [0.1, 0.15) is 11.6 Å². The lowest BCUT2D eigenvalue weighted by Gasteiger charge is -2.04. The van der Waals surface area contributed by atoms with Crippen molar-refractivity contribution in [3.63, 3.8) is 0 Å². The predicted octanol–water partition coefficient (Wildman–Crippen LogP) is 3.63. The van der Waals surface area contributed by atoms with Gasteiger partial charge in [-0.25, -0.2) is 18.2 Å². The van der Waals surface area contributed by atoms with Gasteiger partial charge in [-0.2, -0.15) is 11.3 Å². The van der Waals surface area contributed by atoms with Crippen molar-refractivity contribution < 1.29 is 17.9 Å². The highest BCUT2D eigenvalue weighted by molar-refractivity contribution is 7.90. The summed E-state index contributed by atoms with van der Waals surface area (Å²) in [6, 6.07) is 7.78. The molecule has 2 aromatic heterocycles. The molecule has 0 saturated carbocycles. The second-order valence-corrected chi connectivity index (χ2v) is 8.69. The van der Waals surface area contributed by atoms with E-state index in [-0.39, 0.29) is 17.1 Å². The first-order valence-electron chi connectivity index (χ1n) is 6.88. The van der Waals surface area contributed by atoms with E-state index in [1.807, 2.05) is 22.2 Å². The molecule has 0 fully saturated rings. The van der Waals surface area contributed by atoms with Crippen LogP contribution in [0.5, 0.6) is 0 Å². The first kappa shape index (κ1) is 16.8. The van der Waals surface area contributed by atoms with Crippen LogP contribution >= 0.6 is 22.7 Å². The Labute approximate surface area is 147 Å². The smallest absolute Gasteiger partial charge is 0.338 e. The Balaban J connectivity index is 1.68. The van der Waals surface area contributed by atoms with Crippen LogP contribution in [0.2, 0.25) is 0 Å². The number of sulfone groups is 1. The molecular formula is C16H13NO4S3. The average Bonchev–Trinajstić information content (AvgIpc) is 3.23. The number of carbonyl (C=O) groups is 1. The van der Waals surface area contributed by atoms with Gasteiger partial charge in [0.2, 0.25) is 0 Å². The van der Waals surface area contributed by atoms with E-state index in [0.717, 1.165) is 16.8 Å². The molecule has 0 saturated heterocycles. The van der Waals surface area contributed by atoms with Crippen LogP contribution in [0.3, 0.4) is 0 Å². The Morgan fingerprint density at radius 3 is 2.79 bits per heavy atom. The van der Waals surface area contributed by atoms with Crippen molar-refractivity contribution >= 4 is 38.5 Å². The van der Waals surface area contributed by atoms with Crippen LogP contribution in [0, 0.1) is 0 Å². The van der Waals surface area contributed by atoms with Gasteiger partial charge in [0.15, 0.2) is 9.84 Å². The number of nitrogens with zero attached hydrogens (tertiary/aromatic N) is 1. The molecule has 0 aliphatic heterocycles. The lowest BCUT2D eigenvalue weighted by molar-refractivity contribution is 0.0468. The van der Waals surface area contributed by atoms with Crippen LogP contribution in [0.25, 0.3) is 10.6 Å². The number of carbonyl (C=O) groups excluding carboxylic acids is 1. The molecule has 0 aliphatic rings. The maximum atomic E-state index is 12.1. The monoisotopic (exact) mass is 379 g/mol. The molecule has 0 atom stereocenters. The molecule has 1 aromatic carbocycles. The molecule has 3 rings (SSSR count). The van der Waals surface area contributed by atoms with Gasteiger partial charge in [-0.1, -0.05) is 6.07 Å². The third kappa shape index (κ3) is 3.89. The Hall–Kier alpha value is -2.03. The van der Waals surface area contributed by atoms with E-state index in [2.05, 4.69) is 4.98 Å². The summed E-state index contributed by atoms with van der Waals surface area (Å²) in [6.45, 7) is 0.0442. The maximum absolute atomic E-state index is 12.1. The fourth-order valence-electron chi connectivity index (χ4n) is 1.97. The van der Waals surface area contributed by atoms with Gasteiger partial charge in [-0.15, -0.1) is 11.3 Å². The number of esters is 1. The molecule has 2 heterocycles. The highest BCUT2D eigenvalue weighted by atomic mass is 32.2. The summed E-state index contributed by atoms with van der Waals surface area (Å²) in [5, 5.41) is 6.70. The normalized spacial score (nSPS) is 11.4. The largest absolute Gasteiger partial charge is 0.456 e. The van der Waals surface area contributed by atoms with Crippen molar-refractivity contribution in [2.75, 3.05) is 6.26 Å². The Kier molecular flexibility index (Phi) is 4.79. The van der Waals surface area contributed by atoms with Crippen molar-refractivity contribution in [1.29, 1.82) is 0 Å². The molecule has 8 heteroatoms. The lowest BCUT2D eigenvalue weighted by atomic mass is 10.2. The van der Waals surface area contributed by atoms with E-state index in [1.165, 1.54) is 35.6 Å². The molecule has 0 radical (unpaired) electrons. The molecule has 0 aliphatic carbocycles. The number of ether oxygens (including phenoxy) is 1. The zero-order valence-corrected chi connectivity index (χ0v) is 15.1. The number of thiazole rings is 1. The quantitative estimate of drug-likeness (QED) is 0.633. The molecule has 0 unspecified atom stereocenters. The summed E-state index contributed by atoms with van der Waals surface area (Å²) < 4.78 is 28.3. The number of rotatable bonds is 5. The van der Waals surface area contributed by atoms with Crippen LogP contribution in [0.4, 0.5) is 0 Å². The fraction of sp³-hybridized carbons (Fsp3) is 0.125. The molecule has 0 amide bonds. The van der Waals surface area contributed by atoms with Crippen molar-refractivity contribution in [1.82, 2.24) is 4.98 Å². The number of aromatic nitrogens is 1. The molecule has 24 heavy (non-hydrogen) atoms. The van der Waals surface area contributed by atoms with Crippen LogP contribution in [-0.2, 0) is 21.2 Å². The third-order valence-corrected chi connectivity index (χ3v) is 5.90. The van der Waals surface area contributed by atoms with Crippen LogP contribution in [-0.4, -0.2) is 25.6 Å². The fourth-order valence-corrected chi connectivity index (χ4v) is 4.15. The van der Waals surface area contributed by atoms with Crippen molar-refractivity contribution in [2.45, 2.75) is 11.5 Å². The van der Waals surface area contributed by atoms with Gasteiger partial charge in [-0.05, 0) is 29.6 Å². The van der Waals surface area contributed by atoms with Gasteiger partial charge in [0.25, 0.3) is 0 Å². The SMILES string of the molecule is CS(=O)(=O)c1cccc(C(=O)OCc2csc(-c3ccsc3)n2)c1.